The number of carbonyl (C=O) groups is 1. The standard InChI is InChI=1S/C24H23ClN4O3S2/c25-19-5-8-21-18(16-19)9-13-28(21)14-10-23(30)29-12-1-2-22(29)17-3-6-20(7-4-17)34(31,32)27-24-26-11-15-33-24/h3-9,11,13,15-16,22H,1-2,10,12,14H2,(H,26,27). The molecule has 176 valence electrons. The molecule has 0 spiro atoms. The summed E-state index contributed by atoms with van der Waals surface area (Å²) in [6, 6.07) is 14.5. The second kappa shape index (κ2) is 9.40. The van der Waals surface area contributed by atoms with Crippen molar-refractivity contribution in [3.63, 3.8) is 0 Å². The molecule has 10 heteroatoms. The molecule has 5 rings (SSSR count). The van der Waals surface area contributed by atoms with Gasteiger partial charge in [0.2, 0.25) is 5.91 Å². The van der Waals surface area contributed by atoms with Crippen molar-refractivity contribution in [2.45, 2.75) is 36.7 Å². The third kappa shape index (κ3) is 4.68. The van der Waals surface area contributed by atoms with Crippen molar-refractivity contribution in [1.82, 2.24) is 14.5 Å². The maximum Gasteiger partial charge on any atom is 0.263 e. The molecule has 34 heavy (non-hydrogen) atoms. The van der Waals surface area contributed by atoms with Gasteiger partial charge in [-0.25, -0.2) is 13.4 Å². The van der Waals surface area contributed by atoms with Gasteiger partial charge < -0.3 is 9.47 Å². The molecule has 1 amide bonds. The zero-order chi connectivity index (χ0) is 23.7. The molecule has 1 saturated heterocycles. The summed E-state index contributed by atoms with van der Waals surface area (Å²) in [6.07, 6.45) is 5.71. The Labute approximate surface area is 207 Å². The van der Waals surface area contributed by atoms with Crippen molar-refractivity contribution in [2.75, 3.05) is 11.3 Å². The normalized spacial score (nSPS) is 16.3. The van der Waals surface area contributed by atoms with Gasteiger partial charge in [0.05, 0.1) is 10.9 Å². The number of anilines is 1. The fraction of sp³-hybridized carbons (Fsp3) is 0.250. The number of sulfonamides is 1. The SMILES string of the molecule is O=C(CCn1ccc2cc(Cl)ccc21)N1CCCC1c1ccc(S(=O)(=O)Nc2nccs2)cc1. The zero-order valence-corrected chi connectivity index (χ0v) is 20.6. The Morgan fingerprint density at radius 3 is 2.76 bits per heavy atom. The van der Waals surface area contributed by atoms with Crippen molar-refractivity contribution < 1.29 is 13.2 Å². The first kappa shape index (κ1) is 22.9. The van der Waals surface area contributed by atoms with E-state index in [2.05, 4.69) is 14.3 Å². The van der Waals surface area contributed by atoms with Gasteiger partial charge >= 0.3 is 0 Å². The van der Waals surface area contributed by atoms with Crippen molar-refractivity contribution in [3.8, 4) is 0 Å². The van der Waals surface area contributed by atoms with Crippen LogP contribution in [0.1, 0.15) is 30.9 Å². The van der Waals surface area contributed by atoms with Gasteiger partial charge in [-0.2, -0.15) is 0 Å². The number of amides is 1. The van der Waals surface area contributed by atoms with Crippen molar-refractivity contribution in [3.05, 3.63) is 76.9 Å². The molecule has 1 aliphatic rings. The van der Waals surface area contributed by atoms with Crippen LogP contribution in [0.15, 0.2) is 71.2 Å². The molecule has 1 aliphatic heterocycles. The van der Waals surface area contributed by atoms with E-state index in [1.54, 1.807) is 35.8 Å². The van der Waals surface area contributed by atoms with Crippen LogP contribution >= 0.6 is 22.9 Å². The number of likely N-dealkylation sites (tertiary alicyclic amines) is 1. The van der Waals surface area contributed by atoms with Gasteiger partial charge in [0.15, 0.2) is 5.13 Å². The summed E-state index contributed by atoms with van der Waals surface area (Å²) < 4.78 is 29.7. The number of halogens is 1. The van der Waals surface area contributed by atoms with E-state index >= 15 is 0 Å². The summed E-state index contributed by atoms with van der Waals surface area (Å²) in [5.41, 5.74) is 2.00. The van der Waals surface area contributed by atoms with Crippen LogP contribution in [0.3, 0.4) is 0 Å². The molecule has 0 bridgehead atoms. The molecule has 1 N–H and O–H groups in total. The molecular formula is C24H23ClN4O3S2. The number of nitrogens with zero attached hydrogens (tertiary/aromatic N) is 3. The van der Waals surface area contributed by atoms with E-state index < -0.39 is 10.0 Å². The van der Waals surface area contributed by atoms with Crippen LogP contribution in [-0.2, 0) is 21.4 Å². The number of carbonyl (C=O) groups excluding carboxylic acids is 1. The van der Waals surface area contributed by atoms with Crippen LogP contribution in [-0.4, -0.2) is 35.3 Å². The smallest absolute Gasteiger partial charge is 0.263 e. The number of thiazole rings is 1. The van der Waals surface area contributed by atoms with Gasteiger partial charge in [-0.05, 0) is 54.8 Å². The highest BCUT2D eigenvalue weighted by Gasteiger charge is 2.30. The summed E-state index contributed by atoms with van der Waals surface area (Å²) in [5.74, 6) is 0.0976. The number of fused-ring (bicyclic) bond motifs is 1. The fourth-order valence-electron chi connectivity index (χ4n) is 4.45. The molecule has 1 unspecified atom stereocenters. The quantitative estimate of drug-likeness (QED) is 0.362. The van der Waals surface area contributed by atoms with E-state index in [-0.39, 0.29) is 16.8 Å². The third-order valence-electron chi connectivity index (χ3n) is 6.10. The van der Waals surface area contributed by atoms with E-state index in [1.807, 2.05) is 35.4 Å². The molecule has 4 aromatic rings. The van der Waals surface area contributed by atoms with Crippen LogP contribution in [0.25, 0.3) is 10.9 Å². The van der Waals surface area contributed by atoms with Crippen LogP contribution in [0.4, 0.5) is 5.13 Å². The monoisotopic (exact) mass is 514 g/mol. The Kier molecular flexibility index (Phi) is 6.33. The van der Waals surface area contributed by atoms with Crippen LogP contribution < -0.4 is 4.72 Å². The number of nitrogens with one attached hydrogen (secondary N) is 1. The van der Waals surface area contributed by atoms with E-state index in [0.717, 1.165) is 29.3 Å². The van der Waals surface area contributed by atoms with E-state index in [4.69, 9.17) is 11.6 Å². The molecule has 2 aromatic carbocycles. The summed E-state index contributed by atoms with van der Waals surface area (Å²) in [6.45, 7) is 1.30. The molecular weight excluding hydrogens is 492 g/mol. The van der Waals surface area contributed by atoms with Crippen molar-refractivity contribution in [2.24, 2.45) is 0 Å². The zero-order valence-electron chi connectivity index (χ0n) is 18.2. The highest BCUT2D eigenvalue weighted by Crippen LogP contribution is 2.33. The van der Waals surface area contributed by atoms with Gasteiger partial charge in [-0.3, -0.25) is 9.52 Å². The van der Waals surface area contributed by atoms with E-state index in [9.17, 15) is 13.2 Å². The topological polar surface area (TPSA) is 84.3 Å². The minimum absolute atomic E-state index is 0.0450. The Bertz CT molecular complexity index is 1420. The van der Waals surface area contributed by atoms with Crippen LogP contribution in [0, 0.1) is 0 Å². The first-order chi connectivity index (χ1) is 16.4. The molecule has 0 aliphatic carbocycles. The maximum atomic E-state index is 13.1. The third-order valence-corrected chi connectivity index (χ3v) is 8.51. The maximum absolute atomic E-state index is 13.1. The van der Waals surface area contributed by atoms with Crippen molar-refractivity contribution >= 4 is 54.9 Å². The predicted octanol–water partition coefficient (Wildman–Crippen LogP) is 5.31. The minimum Gasteiger partial charge on any atom is -0.347 e. The summed E-state index contributed by atoms with van der Waals surface area (Å²) in [4.78, 5) is 19.2. The number of hydrogen-bond donors (Lipinski definition) is 1. The Morgan fingerprint density at radius 1 is 1.18 bits per heavy atom. The highest BCUT2D eigenvalue weighted by atomic mass is 35.5. The largest absolute Gasteiger partial charge is 0.347 e. The molecule has 1 fully saturated rings. The Morgan fingerprint density at radius 2 is 2.00 bits per heavy atom. The molecule has 3 heterocycles. The number of aromatic nitrogens is 2. The predicted molar refractivity (Wildman–Crippen MR) is 135 cm³/mol. The highest BCUT2D eigenvalue weighted by molar-refractivity contribution is 7.93. The first-order valence-electron chi connectivity index (χ1n) is 11.0. The fourth-order valence-corrected chi connectivity index (χ4v) is 6.42. The average Bonchev–Trinajstić information content (AvgIpc) is 3.58. The molecule has 1 atom stereocenters. The lowest BCUT2D eigenvalue weighted by Crippen LogP contribution is -2.31. The van der Waals surface area contributed by atoms with Gasteiger partial charge in [0, 0.05) is 53.2 Å². The van der Waals surface area contributed by atoms with E-state index in [0.29, 0.717) is 29.7 Å². The first-order valence-corrected chi connectivity index (χ1v) is 13.7. The summed E-state index contributed by atoms with van der Waals surface area (Å²) in [7, 11) is -3.70. The van der Waals surface area contributed by atoms with Crippen molar-refractivity contribution in [1.29, 1.82) is 0 Å². The number of hydrogen-bond acceptors (Lipinski definition) is 5. The lowest BCUT2D eigenvalue weighted by Gasteiger charge is -2.25. The summed E-state index contributed by atoms with van der Waals surface area (Å²) >= 11 is 7.30. The molecule has 0 radical (unpaired) electrons. The molecule has 7 nitrogen and oxygen atoms in total. The average molecular weight is 515 g/mol. The second-order valence-corrected chi connectivity index (χ2v) is 11.2. The number of rotatable bonds is 7. The minimum atomic E-state index is -3.70. The van der Waals surface area contributed by atoms with E-state index in [1.165, 1.54) is 11.3 Å². The van der Waals surface area contributed by atoms with Gasteiger partial charge in [-0.1, -0.05) is 23.7 Å². The molecule has 2 aromatic heterocycles. The lowest BCUT2D eigenvalue weighted by molar-refractivity contribution is -0.132. The van der Waals surface area contributed by atoms with Gasteiger partial charge in [0.25, 0.3) is 10.0 Å². The van der Waals surface area contributed by atoms with Crippen LogP contribution in [0.5, 0.6) is 0 Å². The Balaban J connectivity index is 1.26. The van der Waals surface area contributed by atoms with Crippen LogP contribution in [0.2, 0.25) is 5.02 Å². The van der Waals surface area contributed by atoms with Gasteiger partial charge in [0.1, 0.15) is 0 Å². The lowest BCUT2D eigenvalue weighted by atomic mass is 10.0. The van der Waals surface area contributed by atoms with Gasteiger partial charge in [-0.15, -0.1) is 11.3 Å². The second-order valence-electron chi connectivity index (χ2n) is 8.22. The number of benzene rings is 2. The Hall–Kier alpha value is -2.88. The molecule has 0 saturated carbocycles. The number of aryl methyl sites for hydroxylation is 1. The summed E-state index contributed by atoms with van der Waals surface area (Å²) in [5, 5.41) is 3.79.